The largest absolute Gasteiger partial charge is 0.308 e. The van der Waals surface area contributed by atoms with Gasteiger partial charge >= 0.3 is 0 Å². The number of hydrogen-bond donors (Lipinski definition) is 1. The third-order valence-electron chi connectivity index (χ3n) is 2.80. The van der Waals surface area contributed by atoms with Gasteiger partial charge in [0.15, 0.2) is 11.0 Å². The third-order valence-corrected chi connectivity index (χ3v) is 4.36. The highest BCUT2D eigenvalue weighted by Gasteiger charge is 2.20. The number of carbonyl (C=O) groups is 1. The molecule has 9 heteroatoms. The van der Waals surface area contributed by atoms with E-state index in [0.29, 0.717) is 15.2 Å². The first kappa shape index (κ1) is 17.1. The molecule has 1 N–H and O–H groups in total. The molecule has 0 radical (unpaired) electrons. The van der Waals surface area contributed by atoms with Gasteiger partial charge in [0.05, 0.1) is 15.3 Å². The van der Waals surface area contributed by atoms with Crippen molar-refractivity contribution in [3.63, 3.8) is 0 Å². The summed E-state index contributed by atoms with van der Waals surface area (Å²) in [5, 5.41) is 11.6. The Kier molecular flexibility index (Phi) is 5.66. The van der Waals surface area contributed by atoms with E-state index in [-0.39, 0.29) is 23.0 Å². The summed E-state index contributed by atoms with van der Waals surface area (Å²) in [6.45, 7) is 5.83. The van der Waals surface area contributed by atoms with Gasteiger partial charge in [0.1, 0.15) is 6.33 Å². The van der Waals surface area contributed by atoms with Crippen LogP contribution in [-0.2, 0) is 4.79 Å². The van der Waals surface area contributed by atoms with Gasteiger partial charge in [-0.2, -0.15) is 0 Å². The summed E-state index contributed by atoms with van der Waals surface area (Å²) >= 11 is 13.1. The molecule has 0 aliphatic rings. The number of aromatic nitrogens is 4. The molecule has 0 aliphatic carbocycles. The summed E-state index contributed by atoms with van der Waals surface area (Å²) in [6.07, 6.45) is 3.07. The summed E-state index contributed by atoms with van der Waals surface area (Å²) in [5.41, 5.74) is 0. The maximum atomic E-state index is 12.2. The van der Waals surface area contributed by atoms with Crippen LogP contribution in [0.5, 0.6) is 0 Å². The molecule has 2 aromatic heterocycles. The fraction of sp³-hybridized carbons (Fsp3) is 0.385. The van der Waals surface area contributed by atoms with Gasteiger partial charge in [-0.15, -0.1) is 10.2 Å². The lowest BCUT2D eigenvalue weighted by Crippen LogP contribution is -2.23. The maximum absolute atomic E-state index is 12.2. The molecule has 0 saturated heterocycles. The molecule has 1 atom stereocenters. The van der Waals surface area contributed by atoms with Crippen LogP contribution in [0.25, 0.3) is 0 Å². The number of pyridine rings is 1. The van der Waals surface area contributed by atoms with Crippen LogP contribution in [0.3, 0.4) is 0 Å². The summed E-state index contributed by atoms with van der Waals surface area (Å²) in [6, 6.07) is 1.75. The smallest absolute Gasteiger partial charge is 0.238 e. The molecule has 6 nitrogen and oxygen atoms in total. The van der Waals surface area contributed by atoms with Crippen LogP contribution >= 0.6 is 35.0 Å². The fourth-order valence-electron chi connectivity index (χ4n) is 1.61. The van der Waals surface area contributed by atoms with E-state index in [1.165, 1.54) is 24.0 Å². The molecule has 0 unspecified atom stereocenters. The molecule has 0 saturated carbocycles. The van der Waals surface area contributed by atoms with Crippen molar-refractivity contribution in [2.24, 2.45) is 0 Å². The van der Waals surface area contributed by atoms with Crippen LogP contribution in [0, 0.1) is 0 Å². The van der Waals surface area contributed by atoms with Crippen LogP contribution in [0.2, 0.25) is 10.0 Å². The Morgan fingerprint density at radius 2 is 2.09 bits per heavy atom. The van der Waals surface area contributed by atoms with Crippen LogP contribution in [0.15, 0.2) is 23.7 Å². The van der Waals surface area contributed by atoms with E-state index in [1.807, 2.05) is 18.4 Å². The van der Waals surface area contributed by atoms with Gasteiger partial charge in [0, 0.05) is 12.2 Å². The van der Waals surface area contributed by atoms with Gasteiger partial charge in [-0.1, -0.05) is 35.0 Å². The number of nitrogens with one attached hydrogen (secondary N) is 1. The second kappa shape index (κ2) is 7.30. The highest BCUT2D eigenvalue weighted by Crippen LogP contribution is 2.26. The van der Waals surface area contributed by atoms with E-state index in [0.717, 1.165) is 0 Å². The number of anilines is 1. The minimum absolute atomic E-state index is 0.222. The minimum atomic E-state index is -0.379. The Balaban J connectivity index is 2.04. The first-order valence-electron chi connectivity index (χ1n) is 6.56. The van der Waals surface area contributed by atoms with Crippen LogP contribution < -0.4 is 5.32 Å². The Hall–Kier alpha value is -1.31. The van der Waals surface area contributed by atoms with E-state index < -0.39 is 0 Å². The molecule has 2 heterocycles. The van der Waals surface area contributed by atoms with Crippen molar-refractivity contribution in [3.05, 3.63) is 28.6 Å². The van der Waals surface area contributed by atoms with Crippen molar-refractivity contribution in [2.75, 3.05) is 5.32 Å². The number of halogens is 2. The van der Waals surface area contributed by atoms with E-state index in [4.69, 9.17) is 23.2 Å². The zero-order valence-corrected chi connectivity index (χ0v) is 14.6. The normalized spacial score (nSPS) is 12.5. The summed E-state index contributed by atoms with van der Waals surface area (Å²) in [4.78, 5) is 16.2. The molecule has 0 spiro atoms. The Morgan fingerprint density at radius 1 is 1.36 bits per heavy atom. The third kappa shape index (κ3) is 4.12. The molecule has 22 heavy (non-hydrogen) atoms. The van der Waals surface area contributed by atoms with E-state index in [9.17, 15) is 4.79 Å². The maximum Gasteiger partial charge on any atom is 0.238 e. The van der Waals surface area contributed by atoms with Crippen molar-refractivity contribution in [3.8, 4) is 0 Å². The quantitative estimate of drug-likeness (QED) is 0.824. The Bertz CT molecular complexity index is 676. The van der Waals surface area contributed by atoms with Gasteiger partial charge in [-0.3, -0.25) is 4.79 Å². The fourth-order valence-corrected chi connectivity index (χ4v) is 2.99. The number of hydrogen-bond acceptors (Lipinski definition) is 5. The SMILES string of the molecule is CC(C)n1cnnc1S[C@H](C)C(=O)Nc1ncc(Cl)cc1Cl. The highest BCUT2D eigenvalue weighted by molar-refractivity contribution is 8.00. The van der Waals surface area contributed by atoms with Crippen LogP contribution in [0.4, 0.5) is 5.82 Å². The molecule has 0 aromatic carbocycles. The van der Waals surface area contributed by atoms with Gasteiger partial charge in [0.25, 0.3) is 0 Å². The molecule has 2 rings (SSSR count). The number of amides is 1. The van der Waals surface area contributed by atoms with Crippen molar-refractivity contribution in [1.82, 2.24) is 19.7 Å². The molecular weight excluding hydrogens is 345 g/mol. The predicted octanol–water partition coefficient (Wildman–Crippen LogP) is 3.68. The van der Waals surface area contributed by atoms with Gasteiger partial charge < -0.3 is 9.88 Å². The Labute approximate surface area is 142 Å². The molecule has 0 aliphatic heterocycles. The van der Waals surface area contributed by atoms with Crippen molar-refractivity contribution in [2.45, 2.75) is 37.2 Å². The van der Waals surface area contributed by atoms with Crippen LogP contribution in [-0.4, -0.2) is 30.9 Å². The van der Waals surface area contributed by atoms with E-state index >= 15 is 0 Å². The number of carbonyl (C=O) groups excluding carboxylic acids is 1. The van der Waals surface area contributed by atoms with Crippen molar-refractivity contribution >= 4 is 46.7 Å². The second-order valence-electron chi connectivity index (χ2n) is 4.85. The number of thioether (sulfide) groups is 1. The molecule has 118 valence electrons. The monoisotopic (exact) mass is 359 g/mol. The zero-order chi connectivity index (χ0) is 16.3. The van der Waals surface area contributed by atoms with Crippen molar-refractivity contribution < 1.29 is 4.79 Å². The van der Waals surface area contributed by atoms with Gasteiger partial charge in [0.2, 0.25) is 5.91 Å². The lowest BCUT2D eigenvalue weighted by Gasteiger charge is -2.14. The van der Waals surface area contributed by atoms with Crippen molar-refractivity contribution in [1.29, 1.82) is 0 Å². The van der Waals surface area contributed by atoms with E-state index in [1.54, 1.807) is 13.3 Å². The first-order chi connectivity index (χ1) is 10.4. The summed E-state index contributed by atoms with van der Waals surface area (Å²) < 4.78 is 1.90. The lowest BCUT2D eigenvalue weighted by molar-refractivity contribution is -0.115. The number of rotatable bonds is 5. The molecule has 0 bridgehead atoms. The second-order valence-corrected chi connectivity index (χ2v) is 7.00. The minimum Gasteiger partial charge on any atom is -0.308 e. The lowest BCUT2D eigenvalue weighted by atomic mass is 10.4. The number of nitrogens with zero attached hydrogens (tertiary/aromatic N) is 4. The van der Waals surface area contributed by atoms with Gasteiger partial charge in [-0.25, -0.2) is 4.98 Å². The molecule has 1 amide bonds. The average Bonchev–Trinajstić information content (AvgIpc) is 2.90. The zero-order valence-electron chi connectivity index (χ0n) is 12.2. The van der Waals surface area contributed by atoms with E-state index in [2.05, 4.69) is 20.5 Å². The first-order valence-corrected chi connectivity index (χ1v) is 8.20. The molecule has 2 aromatic rings. The predicted molar refractivity (Wildman–Crippen MR) is 88.6 cm³/mol. The molecular formula is C13H15Cl2N5OS. The standard InChI is InChI=1S/C13H15Cl2N5OS/c1-7(2)20-6-17-19-13(20)22-8(3)12(21)18-11-10(15)4-9(14)5-16-11/h4-8H,1-3H3,(H,16,18,21)/t8-/m1/s1. The highest BCUT2D eigenvalue weighted by atomic mass is 35.5. The summed E-state index contributed by atoms with van der Waals surface area (Å²) in [5.74, 6) is 0.0638. The Morgan fingerprint density at radius 3 is 2.73 bits per heavy atom. The van der Waals surface area contributed by atoms with Crippen LogP contribution in [0.1, 0.15) is 26.8 Å². The molecule has 0 fully saturated rings. The topological polar surface area (TPSA) is 72.7 Å². The average molecular weight is 360 g/mol. The van der Waals surface area contributed by atoms with Gasteiger partial charge in [-0.05, 0) is 26.8 Å². The summed E-state index contributed by atoms with van der Waals surface area (Å²) in [7, 11) is 0.